The summed E-state index contributed by atoms with van der Waals surface area (Å²) in [5, 5.41) is 9.75. The largest absolute Gasteiger partial charge is 0.462 e. The molecule has 1 N–H and O–H groups in total. The van der Waals surface area contributed by atoms with Crippen LogP contribution in [-0.2, 0) is 114 Å². The third-order valence-electron chi connectivity index (χ3n) is 23.1. The van der Waals surface area contributed by atoms with Crippen molar-refractivity contribution in [3.05, 3.63) is 11.6 Å². The van der Waals surface area contributed by atoms with E-state index in [1.165, 1.54) is 0 Å². The van der Waals surface area contributed by atoms with Gasteiger partial charge in [0.15, 0.2) is 67.7 Å². The molecule has 0 aromatic heterocycles. The van der Waals surface area contributed by atoms with Crippen LogP contribution in [0.2, 0.25) is 0 Å². The first-order valence-electron chi connectivity index (χ1n) is 40.0. The molecular formula is C85H136O25. The Morgan fingerprint density at radius 1 is 0.464 bits per heavy atom. The van der Waals surface area contributed by atoms with Crippen LogP contribution in [0.4, 0.5) is 0 Å². The molecular weight excluding hydrogens is 1420 g/mol. The SMILES string of the molecule is C[C@@H](CO)CCC(=O)[C@@H](C)[C@H]1C(=O)C[C@H]2[C@@H]3CC=C4C[C@@H](O[C@@H]5O[C@H](COC(=O)C(C)(C)C)[C@@H](O[C@@H]6O[C@@H](C)[C@H](OC(=O)C(C)(C)C)[C@@H](OC(=O)C(C)(C)C)[C@H]6OC(=O)C(C)(C)C)[C@H](OC(=O)C(C)(C)C)[C@H]5O[C@@H]5O[C@@H](C)[C@H](OC(=O)C(C)(C)C)[C@@H](OC(=O)C(C)(C)C)[C@H]5OC(=O)C(C)(C)C)CC[C@]4(C)[C@H]3CC[C@]12C. The summed E-state index contributed by atoms with van der Waals surface area (Å²) in [6, 6.07) is 0. The molecule has 3 saturated heterocycles. The number of fused-ring (bicyclic) bond motifs is 5. The van der Waals surface area contributed by atoms with E-state index in [1.807, 2.05) is 13.8 Å². The summed E-state index contributed by atoms with van der Waals surface area (Å²) in [6.45, 7) is 49.6. The molecule has 4 aliphatic carbocycles. The highest BCUT2D eigenvalue weighted by molar-refractivity contribution is 5.92. The molecule has 25 nitrogen and oxygen atoms in total. The first kappa shape index (κ1) is 91.7. The molecule has 626 valence electrons. The van der Waals surface area contributed by atoms with Crippen molar-refractivity contribution in [2.45, 2.75) is 364 Å². The number of carbonyl (C=O) groups is 10. The van der Waals surface area contributed by atoms with E-state index in [-0.39, 0.29) is 47.3 Å². The summed E-state index contributed by atoms with van der Waals surface area (Å²) in [6.07, 6.45) is -18.5. The van der Waals surface area contributed by atoms with E-state index in [0.717, 1.165) is 18.4 Å². The van der Waals surface area contributed by atoms with E-state index in [2.05, 4.69) is 19.9 Å². The summed E-state index contributed by atoms with van der Waals surface area (Å²) >= 11 is 0. The van der Waals surface area contributed by atoms with Crippen LogP contribution >= 0.6 is 0 Å². The lowest BCUT2D eigenvalue weighted by atomic mass is 9.47. The van der Waals surface area contributed by atoms with Gasteiger partial charge < -0.3 is 71.4 Å². The van der Waals surface area contributed by atoms with Gasteiger partial charge in [0.2, 0.25) is 0 Å². The molecule has 0 radical (unpaired) electrons. The highest BCUT2D eigenvalue weighted by Crippen LogP contribution is 2.67. The summed E-state index contributed by atoms with van der Waals surface area (Å²) in [7, 11) is 0. The van der Waals surface area contributed by atoms with Crippen LogP contribution in [-0.4, -0.2) is 176 Å². The molecule has 0 aromatic rings. The fraction of sp³-hybridized carbons (Fsp3) is 0.859. The van der Waals surface area contributed by atoms with E-state index in [9.17, 15) is 48.3 Å². The summed E-state index contributed by atoms with van der Waals surface area (Å²) in [4.78, 5) is 144. The van der Waals surface area contributed by atoms with Crippen molar-refractivity contribution in [3.8, 4) is 0 Å². The number of carbonyl (C=O) groups excluding carboxylic acids is 10. The number of aliphatic hydroxyl groups excluding tert-OH is 1. The molecule has 7 aliphatic rings. The van der Waals surface area contributed by atoms with Crippen LogP contribution in [0.3, 0.4) is 0 Å². The molecule has 6 fully saturated rings. The summed E-state index contributed by atoms with van der Waals surface area (Å²) < 4.78 is 94.3. The maximum atomic E-state index is 15.3. The van der Waals surface area contributed by atoms with Crippen molar-refractivity contribution in [1.82, 2.24) is 0 Å². The van der Waals surface area contributed by atoms with Gasteiger partial charge in [0.05, 0.1) is 61.6 Å². The number of esters is 8. The second-order valence-electron chi connectivity index (χ2n) is 41.4. The van der Waals surface area contributed by atoms with Crippen molar-refractivity contribution in [2.75, 3.05) is 13.2 Å². The average molecular weight is 1560 g/mol. The first-order chi connectivity index (χ1) is 50.0. The van der Waals surface area contributed by atoms with Crippen LogP contribution in [0.25, 0.3) is 0 Å². The Morgan fingerprint density at radius 2 is 0.836 bits per heavy atom. The highest BCUT2D eigenvalue weighted by atomic mass is 16.8. The quantitative estimate of drug-likeness (QED) is 0.0634. The predicted molar refractivity (Wildman–Crippen MR) is 403 cm³/mol. The Kier molecular flexibility index (Phi) is 28.2. The fourth-order valence-electron chi connectivity index (χ4n) is 15.9. The van der Waals surface area contributed by atoms with Gasteiger partial charge in [-0.3, -0.25) is 47.9 Å². The summed E-state index contributed by atoms with van der Waals surface area (Å²) in [5.74, 6) is -6.64. The Labute approximate surface area is 654 Å². The molecule has 3 saturated carbocycles. The molecule has 110 heavy (non-hydrogen) atoms. The van der Waals surface area contributed by atoms with Gasteiger partial charge >= 0.3 is 47.8 Å². The van der Waals surface area contributed by atoms with Crippen molar-refractivity contribution >= 4 is 59.3 Å². The minimum absolute atomic E-state index is 0.0200. The Hall–Kier alpha value is -5.44. The Balaban J connectivity index is 1.45. The van der Waals surface area contributed by atoms with E-state index in [0.29, 0.717) is 44.9 Å². The Bertz CT molecular complexity index is 3370. The van der Waals surface area contributed by atoms with Crippen molar-refractivity contribution < 1.29 is 119 Å². The standard InChI is InChI=1S/C85H136O25/c1-43(41-86)31-34-52(87)44(2)55-53(88)40-51-49-33-32-47-39-48(35-37-84(47,29)50(49)36-38-85(51,55)30)100-67-62(103-66-64(110-75(96)83(26,27)28)60(107-72(93)80(17,18)19)57(46(4)99-66)105-70(91)78(11,12)13)61(108-73(94)81(20,21)22)58(54(101-67)42-97-68(89)76(5,6)7)102-65-63(109-74(95)82(23,24)25)59(106-71(92)79(14,15)16)56(45(3)98-65)104-69(90)77(8,9)10/h32,43-46,48-51,54-67,86H,31,33-42H2,1-30H3/t43-,44-,45+,46+,48+,49-,50+,51+,54-,55+,56+,57+,58-,59-,60-,61+,62-,63-,64-,65+,66+,67-,84+,85+/m1/s1. The monoisotopic (exact) mass is 1560 g/mol. The molecule has 3 heterocycles. The van der Waals surface area contributed by atoms with Gasteiger partial charge in [0.1, 0.15) is 30.4 Å². The number of rotatable bonds is 21. The van der Waals surface area contributed by atoms with Gasteiger partial charge in [-0.15, -0.1) is 0 Å². The Morgan fingerprint density at radius 3 is 1.24 bits per heavy atom. The topological polar surface area (TPSA) is 320 Å². The highest BCUT2D eigenvalue weighted by Gasteiger charge is 2.65. The number of hydrogen-bond acceptors (Lipinski definition) is 25. The molecule has 0 unspecified atom stereocenters. The van der Waals surface area contributed by atoms with E-state index < -0.39 is 213 Å². The molecule has 25 heteroatoms. The molecule has 7 rings (SSSR count). The van der Waals surface area contributed by atoms with Crippen molar-refractivity contribution in [1.29, 1.82) is 0 Å². The lowest BCUT2D eigenvalue weighted by Crippen LogP contribution is -2.69. The minimum Gasteiger partial charge on any atom is -0.462 e. The van der Waals surface area contributed by atoms with Crippen LogP contribution in [0.1, 0.15) is 265 Å². The number of ether oxygens (including phenoxy) is 14. The molecule has 24 atom stereocenters. The molecule has 3 aliphatic heterocycles. The van der Waals surface area contributed by atoms with E-state index in [4.69, 9.17) is 66.3 Å². The normalized spacial score (nSPS) is 34.4. The first-order valence-corrected chi connectivity index (χ1v) is 40.0. The fourth-order valence-corrected chi connectivity index (χ4v) is 15.9. The molecule has 0 aromatic carbocycles. The van der Waals surface area contributed by atoms with Gasteiger partial charge in [-0.05, 0) is 259 Å². The van der Waals surface area contributed by atoms with E-state index >= 15 is 4.79 Å². The number of ketones is 2. The van der Waals surface area contributed by atoms with E-state index in [1.54, 1.807) is 180 Å². The smallest absolute Gasteiger partial charge is 0.311 e. The van der Waals surface area contributed by atoms with Crippen LogP contribution in [0, 0.1) is 89.7 Å². The third kappa shape index (κ3) is 21.2. The van der Waals surface area contributed by atoms with Gasteiger partial charge in [-0.2, -0.15) is 0 Å². The number of hydrogen-bond donors (Lipinski definition) is 1. The van der Waals surface area contributed by atoms with Gasteiger partial charge in [-0.25, -0.2) is 0 Å². The van der Waals surface area contributed by atoms with Crippen molar-refractivity contribution in [3.63, 3.8) is 0 Å². The zero-order valence-electron chi connectivity index (χ0n) is 71.8. The van der Waals surface area contributed by atoms with Crippen molar-refractivity contribution in [2.24, 2.45) is 89.7 Å². The second-order valence-corrected chi connectivity index (χ2v) is 41.4. The number of aliphatic hydroxyl groups is 1. The van der Waals surface area contributed by atoms with Gasteiger partial charge in [0.25, 0.3) is 0 Å². The minimum atomic E-state index is -1.88. The van der Waals surface area contributed by atoms with Gasteiger partial charge in [0, 0.05) is 31.3 Å². The number of allylic oxidation sites excluding steroid dienone is 1. The second kappa shape index (κ2) is 33.8. The van der Waals surface area contributed by atoms with Gasteiger partial charge in [-0.1, -0.05) is 39.3 Å². The lowest BCUT2D eigenvalue weighted by Gasteiger charge is -2.58. The average Bonchev–Trinajstić information content (AvgIpc) is 1.47. The third-order valence-corrected chi connectivity index (χ3v) is 23.1. The van der Waals surface area contributed by atoms with Crippen LogP contribution < -0.4 is 0 Å². The zero-order chi connectivity index (χ0) is 83.4. The molecule has 0 amide bonds. The molecule has 0 spiro atoms. The zero-order valence-corrected chi connectivity index (χ0v) is 71.8. The predicted octanol–water partition coefficient (Wildman–Crippen LogP) is 13.0. The van der Waals surface area contributed by atoms with Crippen LogP contribution in [0.5, 0.6) is 0 Å². The number of Topliss-reactive ketones (excluding diaryl/α,β-unsaturated/α-hetero) is 2. The van der Waals surface area contributed by atoms with Crippen LogP contribution in [0.15, 0.2) is 11.6 Å². The summed E-state index contributed by atoms with van der Waals surface area (Å²) in [5.41, 5.74) is -9.26. The molecule has 0 bridgehead atoms. The maximum Gasteiger partial charge on any atom is 0.311 e. The maximum absolute atomic E-state index is 15.3. The lowest BCUT2D eigenvalue weighted by molar-refractivity contribution is -0.390.